The van der Waals surface area contributed by atoms with Crippen LogP contribution in [0.3, 0.4) is 0 Å². The molecule has 0 aliphatic carbocycles. The standard InChI is InChI=1S/C10H20N2O/c1-9(2)11-10(13)12-7-5-3-4-6-8-12/h9H,3-8H2,1-2H3,(H,11,13). The Morgan fingerprint density at radius 2 is 1.69 bits per heavy atom. The predicted octanol–water partition coefficient (Wildman–Crippen LogP) is 1.98. The van der Waals surface area contributed by atoms with Crippen molar-refractivity contribution in [3.05, 3.63) is 0 Å². The molecule has 1 fully saturated rings. The first kappa shape index (κ1) is 10.4. The fourth-order valence-corrected chi connectivity index (χ4v) is 1.61. The molecule has 1 aliphatic rings. The highest BCUT2D eigenvalue weighted by atomic mass is 16.2. The lowest BCUT2D eigenvalue weighted by Gasteiger charge is -2.22. The molecule has 0 aromatic carbocycles. The molecule has 0 unspecified atom stereocenters. The molecule has 1 rings (SSSR count). The van der Waals surface area contributed by atoms with Crippen molar-refractivity contribution in [3.63, 3.8) is 0 Å². The number of nitrogens with zero attached hydrogens (tertiary/aromatic N) is 1. The van der Waals surface area contributed by atoms with E-state index in [-0.39, 0.29) is 12.1 Å². The lowest BCUT2D eigenvalue weighted by atomic mass is 10.2. The molecule has 3 nitrogen and oxygen atoms in total. The maximum atomic E-state index is 11.6. The van der Waals surface area contributed by atoms with Gasteiger partial charge in [0, 0.05) is 19.1 Å². The van der Waals surface area contributed by atoms with Gasteiger partial charge in [0.1, 0.15) is 0 Å². The molecular weight excluding hydrogens is 164 g/mol. The van der Waals surface area contributed by atoms with E-state index in [1.165, 1.54) is 12.8 Å². The van der Waals surface area contributed by atoms with E-state index in [2.05, 4.69) is 5.32 Å². The largest absolute Gasteiger partial charge is 0.336 e. The summed E-state index contributed by atoms with van der Waals surface area (Å²) in [7, 11) is 0. The number of carbonyl (C=O) groups excluding carboxylic acids is 1. The Morgan fingerprint density at radius 1 is 1.15 bits per heavy atom. The minimum atomic E-state index is 0.108. The second-order valence-corrected chi connectivity index (χ2v) is 4.01. The molecule has 0 aromatic rings. The van der Waals surface area contributed by atoms with Crippen LogP contribution in [-0.4, -0.2) is 30.1 Å². The quantitative estimate of drug-likeness (QED) is 0.664. The average Bonchev–Trinajstić information content (AvgIpc) is 2.29. The molecule has 0 radical (unpaired) electrons. The fraction of sp³-hybridized carbons (Fsp3) is 0.900. The van der Waals surface area contributed by atoms with Crippen molar-refractivity contribution in [1.29, 1.82) is 0 Å². The van der Waals surface area contributed by atoms with E-state index in [1.807, 2.05) is 18.7 Å². The molecule has 0 bridgehead atoms. The minimum absolute atomic E-state index is 0.108. The van der Waals surface area contributed by atoms with Crippen LogP contribution < -0.4 is 5.32 Å². The summed E-state index contributed by atoms with van der Waals surface area (Å²) in [4.78, 5) is 13.5. The number of hydrogen-bond acceptors (Lipinski definition) is 1. The maximum Gasteiger partial charge on any atom is 0.317 e. The Bertz CT molecular complexity index is 160. The molecule has 0 atom stereocenters. The summed E-state index contributed by atoms with van der Waals surface area (Å²) in [5.74, 6) is 0. The van der Waals surface area contributed by atoms with Gasteiger partial charge < -0.3 is 10.2 Å². The van der Waals surface area contributed by atoms with Crippen LogP contribution in [0.15, 0.2) is 0 Å². The Balaban J connectivity index is 2.35. The van der Waals surface area contributed by atoms with Gasteiger partial charge in [0.25, 0.3) is 0 Å². The monoisotopic (exact) mass is 184 g/mol. The van der Waals surface area contributed by atoms with Crippen LogP contribution in [0.4, 0.5) is 4.79 Å². The number of hydrogen-bond donors (Lipinski definition) is 1. The van der Waals surface area contributed by atoms with Crippen molar-refractivity contribution in [3.8, 4) is 0 Å². The second-order valence-electron chi connectivity index (χ2n) is 4.01. The summed E-state index contributed by atoms with van der Waals surface area (Å²) in [6.45, 7) is 5.85. The molecule has 2 amide bonds. The maximum absolute atomic E-state index is 11.6. The molecular formula is C10H20N2O. The van der Waals surface area contributed by atoms with Gasteiger partial charge in [-0.2, -0.15) is 0 Å². The molecule has 1 N–H and O–H groups in total. The summed E-state index contributed by atoms with van der Waals surface area (Å²) in [5, 5.41) is 2.93. The van der Waals surface area contributed by atoms with Crippen molar-refractivity contribution in [2.45, 2.75) is 45.6 Å². The number of carbonyl (C=O) groups is 1. The molecule has 0 spiro atoms. The van der Waals surface area contributed by atoms with Crippen LogP contribution >= 0.6 is 0 Å². The van der Waals surface area contributed by atoms with Gasteiger partial charge in [0.2, 0.25) is 0 Å². The van der Waals surface area contributed by atoms with E-state index in [0.29, 0.717) is 0 Å². The Labute approximate surface area is 80.5 Å². The third kappa shape index (κ3) is 3.66. The van der Waals surface area contributed by atoms with E-state index in [9.17, 15) is 4.79 Å². The Hall–Kier alpha value is -0.730. The van der Waals surface area contributed by atoms with Crippen LogP contribution in [0.1, 0.15) is 39.5 Å². The number of amides is 2. The first-order chi connectivity index (χ1) is 6.20. The summed E-state index contributed by atoms with van der Waals surface area (Å²) in [6.07, 6.45) is 4.86. The highest BCUT2D eigenvalue weighted by Crippen LogP contribution is 2.09. The minimum Gasteiger partial charge on any atom is -0.336 e. The molecule has 76 valence electrons. The topological polar surface area (TPSA) is 32.3 Å². The molecule has 1 saturated heterocycles. The highest BCUT2D eigenvalue weighted by Gasteiger charge is 2.15. The van der Waals surface area contributed by atoms with E-state index >= 15 is 0 Å². The summed E-state index contributed by atoms with van der Waals surface area (Å²) in [6, 6.07) is 0.354. The zero-order valence-corrected chi connectivity index (χ0v) is 8.68. The van der Waals surface area contributed by atoms with Gasteiger partial charge in [0.05, 0.1) is 0 Å². The molecule has 0 aromatic heterocycles. The van der Waals surface area contributed by atoms with Gasteiger partial charge in [-0.05, 0) is 26.7 Å². The van der Waals surface area contributed by atoms with E-state index < -0.39 is 0 Å². The van der Waals surface area contributed by atoms with Crippen LogP contribution in [-0.2, 0) is 0 Å². The van der Waals surface area contributed by atoms with Gasteiger partial charge in [-0.15, -0.1) is 0 Å². The van der Waals surface area contributed by atoms with Crippen LogP contribution in [0.25, 0.3) is 0 Å². The van der Waals surface area contributed by atoms with Gasteiger partial charge in [-0.25, -0.2) is 4.79 Å². The normalized spacial score (nSPS) is 18.5. The first-order valence-corrected chi connectivity index (χ1v) is 5.25. The van der Waals surface area contributed by atoms with E-state index in [0.717, 1.165) is 25.9 Å². The van der Waals surface area contributed by atoms with Gasteiger partial charge in [-0.3, -0.25) is 0 Å². The van der Waals surface area contributed by atoms with Crippen molar-refractivity contribution in [1.82, 2.24) is 10.2 Å². The fourth-order valence-electron chi connectivity index (χ4n) is 1.61. The van der Waals surface area contributed by atoms with Gasteiger partial charge in [0.15, 0.2) is 0 Å². The number of urea groups is 1. The Morgan fingerprint density at radius 3 is 2.15 bits per heavy atom. The molecule has 1 heterocycles. The third-order valence-corrected chi connectivity index (χ3v) is 2.31. The van der Waals surface area contributed by atoms with Crippen molar-refractivity contribution >= 4 is 6.03 Å². The lowest BCUT2D eigenvalue weighted by molar-refractivity contribution is 0.197. The zero-order valence-electron chi connectivity index (χ0n) is 8.68. The van der Waals surface area contributed by atoms with Crippen molar-refractivity contribution < 1.29 is 4.79 Å². The van der Waals surface area contributed by atoms with E-state index in [4.69, 9.17) is 0 Å². The van der Waals surface area contributed by atoms with Crippen LogP contribution in [0.5, 0.6) is 0 Å². The van der Waals surface area contributed by atoms with Crippen LogP contribution in [0, 0.1) is 0 Å². The zero-order chi connectivity index (χ0) is 9.68. The van der Waals surface area contributed by atoms with Gasteiger partial charge >= 0.3 is 6.03 Å². The SMILES string of the molecule is CC(C)NC(=O)N1CCCCCC1. The van der Waals surface area contributed by atoms with E-state index in [1.54, 1.807) is 0 Å². The number of nitrogens with one attached hydrogen (secondary N) is 1. The smallest absolute Gasteiger partial charge is 0.317 e. The van der Waals surface area contributed by atoms with Crippen LogP contribution in [0.2, 0.25) is 0 Å². The second kappa shape index (κ2) is 5.10. The number of likely N-dealkylation sites (tertiary alicyclic amines) is 1. The van der Waals surface area contributed by atoms with Crippen molar-refractivity contribution in [2.24, 2.45) is 0 Å². The van der Waals surface area contributed by atoms with Crippen molar-refractivity contribution in [2.75, 3.05) is 13.1 Å². The summed E-state index contributed by atoms with van der Waals surface area (Å²) in [5.41, 5.74) is 0. The predicted molar refractivity (Wildman–Crippen MR) is 53.7 cm³/mol. The highest BCUT2D eigenvalue weighted by molar-refractivity contribution is 5.74. The molecule has 3 heteroatoms. The first-order valence-electron chi connectivity index (χ1n) is 5.25. The summed E-state index contributed by atoms with van der Waals surface area (Å²) < 4.78 is 0. The average molecular weight is 184 g/mol. The Kier molecular flexibility index (Phi) is 4.06. The molecule has 0 saturated carbocycles. The lowest BCUT2D eigenvalue weighted by Crippen LogP contribution is -2.43. The number of rotatable bonds is 1. The van der Waals surface area contributed by atoms with Gasteiger partial charge in [-0.1, -0.05) is 12.8 Å². The summed E-state index contributed by atoms with van der Waals surface area (Å²) >= 11 is 0. The molecule has 13 heavy (non-hydrogen) atoms. The molecule has 1 aliphatic heterocycles. The third-order valence-electron chi connectivity index (χ3n) is 2.31.